The summed E-state index contributed by atoms with van der Waals surface area (Å²) in [5.74, 6) is 0. The lowest BCUT2D eigenvalue weighted by molar-refractivity contribution is -0.108. The third-order valence-electron chi connectivity index (χ3n) is 3.40. The van der Waals surface area contributed by atoms with Gasteiger partial charge in [0.25, 0.3) is 10.2 Å². The largest absolute Gasteiger partial charge is 0.385 e. The van der Waals surface area contributed by atoms with Crippen LogP contribution in [0.25, 0.3) is 0 Å². The zero-order chi connectivity index (χ0) is 14.3. The molecule has 0 saturated carbocycles. The van der Waals surface area contributed by atoms with Gasteiger partial charge in [-0.15, -0.1) is 0 Å². The van der Waals surface area contributed by atoms with E-state index in [1.807, 2.05) is 13.8 Å². The monoisotopic (exact) mass is 294 g/mol. The first kappa shape index (κ1) is 15.1. The van der Waals surface area contributed by atoms with Gasteiger partial charge in [-0.25, -0.2) is 0 Å². The Bertz CT molecular complexity index is 430. The standard InChI is InChI=1S/C11H22N2O5S/c1-10(2)6-12(4-5-18-10)19(15,16)13-7-11(14,8-13)9-17-3/h14H,4-9H2,1-3H3. The van der Waals surface area contributed by atoms with Crippen molar-refractivity contribution in [2.45, 2.75) is 25.0 Å². The molecule has 0 aliphatic carbocycles. The maximum atomic E-state index is 12.4. The van der Waals surface area contributed by atoms with Crippen molar-refractivity contribution in [3.63, 3.8) is 0 Å². The summed E-state index contributed by atoms with van der Waals surface area (Å²) in [5, 5.41) is 9.97. The van der Waals surface area contributed by atoms with Crippen molar-refractivity contribution < 1.29 is 23.0 Å². The van der Waals surface area contributed by atoms with Crippen LogP contribution in [0.5, 0.6) is 0 Å². The molecule has 2 aliphatic heterocycles. The molecule has 2 heterocycles. The number of rotatable bonds is 4. The molecule has 0 aromatic rings. The molecule has 0 spiro atoms. The summed E-state index contributed by atoms with van der Waals surface area (Å²) in [4.78, 5) is 0. The minimum atomic E-state index is -3.51. The Kier molecular flexibility index (Phi) is 3.94. The Morgan fingerprint density at radius 1 is 1.26 bits per heavy atom. The van der Waals surface area contributed by atoms with E-state index in [9.17, 15) is 13.5 Å². The van der Waals surface area contributed by atoms with Crippen molar-refractivity contribution in [2.24, 2.45) is 0 Å². The van der Waals surface area contributed by atoms with Gasteiger partial charge >= 0.3 is 0 Å². The van der Waals surface area contributed by atoms with Crippen molar-refractivity contribution in [3.05, 3.63) is 0 Å². The van der Waals surface area contributed by atoms with E-state index >= 15 is 0 Å². The second-order valence-corrected chi connectivity index (χ2v) is 7.80. The second kappa shape index (κ2) is 4.94. The molecule has 8 heteroatoms. The van der Waals surface area contributed by atoms with Crippen LogP contribution in [0.4, 0.5) is 0 Å². The topological polar surface area (TPSA) is 79.3 Å². The van der Waals surface area contributed by atoms with Gasteiger partial charge in [0.15, 0.2) is 0 Å². The van der Waals surface area contributed by atoms with E-state index in [-0.39, 0.29) is 19.7 Å². The number of morpholine rings is 1. The molecule has 0 radical (unpaired) electrons. The molecule has 0 bridgehead atoms. The number of ether oxygens (including phenoxy) is 2. The molecule has 7 nitrogen and oxygen atoms in total. The summed E-state index contributed by atoms with van der Waals surface area (Å²) in [5.41, 5.74) is -1.53. The van der Waals surface area contributed by atoms with Crippen LogP contribution < -0.4 is 0 Å². The summed E-state index contributed by atoms with van der Waals surface area (Å²) >= 11 is 0. The van der Waals surface area contributed by atoms with Crippen molar-refractivity contribution in [1.82, 2.24) is 8.61 Å². The molecule has 19 heavy (non-hydrogen) atoms. The first-order valence-electron chi connectivity index (χ1n) is 6.29. The SMILES string of the molecule is COCC1(O)CN(S(=O)(=O)N2CCOC(C)(C)C2)C1. The molecule has 2 fully saturated rings. The summed E-state index contributed by atoms with van der Waals surface area (Å²) in [6.45, 7) is 5.12. The van der Waals surface area contributed by atoms with Crippen LogP contribution in [0.15, 0.2) is 0 Å². The quantitative estimate of drug-likeness (QED) is 0.722. The van der Waals surface area contributed by atoms with E-state index in [1.54, 1.807) is 0 Å². The Morgan fingerprint density at radius 3 is 2.42 bits per heavy atom. The summed E-state index contributed by atoms with van der Waals surface area (Å²) in [6, 6.07) is 0. The number of nitrogens with zero attached hydrogens (tertiary/aromatic N) is 2. The fourth-order valence-electron chi connectivity index (χ4n) is 2.47. The van der Waals surface area contributed by atoms with Gasteiger partial charge in [-0.2, -0.15) is 17.0 Å². The van der Waals surface area contributed by atoms with Gasteiger partial charge in [0.2, 0.25) is 0 Å². The van der Waals surface area contributed by atoms with Gasteiger partial charge in [-0.3, -0.25) is 0 Å². The summed E-state index contributed by atoms with van der Waals surface area (Å²) in [6.07, 6.45) is 0. The number of hydrogen-bond donors (Lipinski definition) is 1. The second-order valence-electron chi connectivity index (χ2n) is 5.87. The molecule has 2 saturated heterocycles. The lowest BCUT2D eigenvalue weighted by Crippen LogP contribution is -2.68. The summed E-state index contributed by atoms with van der Waals surface area (Å²) < 4.78 is 37.9. The molecule has 0 amide bonds. The van der Waals surface area contributed by atoms with E-state index in [1.165, 1.54) is 15.7 Å². The fraction of sp³-hybridized carbons (Fsp3) is 1.00. The highest BCUT2D eigenvalue weighted by atomic mass is 32.2. The van der Waals surface area contributed by atoms with Crippen molar-refractivity contribution in [1.29, 1.82) is 0 Å². The highest BCUT2D eigenvalue weighted by Gasteiger charge is 2.49. The van der Waals surface area contributed by atoms with E-state index in [4.69, 9.17) is 9.47 Å². The number of hydrogen-bond acceptors (Lipinski definition) is 5. The maximum Gasteiger partial charge on any atom is 0.282 e. The highest BCUT2D eigenvalue weighted by Crippen LogP contribution is 2.28. The molecule has 2 aliphatic rings. The lowest BCUT2D eigenvalue weighted by atomic mass is 9.99. The first-order valence-corrected chi connectivity index (χ1v) is 7.69. The Balaban J connectivity index is 2.00. The van der Waals surface area contributed by atoms with Crippen LogP contribution >= 0.6 is 0 Å². The van der Waals surface area contributed by atoms with E-state index in [0.717, 1.165) is 0 Å². The minimum Gasteiger partial charge on any atom is -0.385 e. The van der Waals surface area contributed by atoms with Crippen molar-refractivity contribution in [3.8, 4) is 0 Å². The average molecular weight is 294 g/mol. The summed E-state index contributed by atoms with van der Waals surface area (Å²) in [7, 11) is -2.03. The normalized spacial score (nSPS) is 28.0. The van der Waals surface area contributed by atoms with Crippen LogP contribution in [0, 0.1) is 0 Å². The van der Waals surface area contributed by atoms with Gasteiger partial charge < -0.3 is 14.6 Å². The van der Waals surface area contributed by atoms with Crippen molar-refractivity contribution >= 4 is 10.2 Å². The van der Waals surface area contributed by atoms with Gasteiger partial charge in [-0.05, 0) is 13.8 Å². The van der Waals surface area contributed by atoms with Gasteiger partial charge in [0.1, 0.15) is 5.60 Å². The minimum absolute atomic E-state index is 0.0843. The molecule has 112 valence electrons. The van der Waals surface area contributed by atoms with Crippen LogP contribution in [0.1, 0.15) is 13.8 Å². The third kappa shape index (κ3) is 3.09. The average Bonchev–Trinajstić information content (AvgIpc) is 2.24. The molecule has 0 unspecified atom stereocenters. The zero-order valence-electron chi connectivity index (χ0n) is 11.6. The molecule has 1 N–H and O–H groups in total. The highest BCUT2D eigenvalue weighted by molar-refractivity contribution is 7.86. The van der Waals surface area contributed by atoms with Gasteiger partial charge in [-0.1, -0.05) is 0 Å². The van der Waals surface area contributed by atoms with Crippen molar-refractivity contribution in [2.75, 3.05) is 46.5 Å². The smallest absolute Gasteiger partial charge is 0.282 e. The maximum absolute atomic E-state index is 12.4. The fourth-order valence-corrected chi connectivity index (χ4v) is 4.38. The molecular weight excluding hydrogens is 272 g/mol. The number of β-amino-alcohol motifs (C(OH)–C–C–N with tert-alkyl or cyclic N) is 1. The predicted octanol–water partition coefficient (Wildman–Crippen LogP) is -0.965. The van der Waals surface area contributed by atoms with E-state index in [2.05, 4.69) is 0 Å². The lowest BCUT2D eigenvalue weighted by Gasteiger charge is -2.48. The Hall–Kier alpha value is -0.250. The predicted molar refractivity (Wildman–Crippen MR) is 68.9 cm³/mol. The molecule has 2 rings (SSSR count). The van der Waals surface area contributed by atoms with Gasteiger partial charge in [0, 0.05) is 33.3 Å². The number of aliphatic hydroxyl groups is 1. The third-order valence-corrected chi connectivity index (χ3v) is 5.27. The molecular formula is C11H22N2O5S. The van der Waals surface area contributed by atoms with Gasteiger partial charge in [0.05, 0.1) is 18.8 Å². The molecule has 0 atom stereocenters. The van der Waals surface area contributed by atoms with Crippen LogP contribution in [-0.2, 0) is 19.7 Å². The molecule has 0 aromatic heterocycles. The Labute approximate surface area is 114 Å². The van der Waals surface area contributed by atoms with Crippen LogP contribution in [-0.4, -0.2) is 79.8 Å². The van der Waals surface area contributed by atoms with E-state index < -0.39 is 21.4 Å². The van der Waals surface area contributed by atoms with E-state index in [0.29, 0.717) is 19.7 Å². The molecule has 0 aromatic carbocycles. The van der Waals surface area contributed by atoms with Crippen LogP contribution in [0.3, 0.4) is 0 Å². The Morgan fingerprint density at radius 2 is 1.89 bits per heavy atom. The van der Waals surface area contributed by atoms with Crippen LogP contribution in [0.2, 0.25) is 0 Å². The zero-order valence-corrected chi connectivity index (χ0v) is 12.4. The first-order chi connectivity index (χ1) is 8.69. The number of methoxy groups -OCH3 is 1.